The molecule has 5 N–H and O–H groups in total. The first-order valence-corrected chi connectivity index (χ1v) is 15.3. The van der Waals surface area contributed by atoms with E-state index in [4.69, 9.17) is 10.8 Å². The summed E-state index contributed by atoms with van der Waals surface area (Å²) in [5, 5.41) is 26.6. The van der Waals surface area contributed by atoms with Crippen LogP contribution in [0.15, 0.2) is 23.4 Å². The van der Waals surface area contributed by atoms with Crippen LogP contribution in [-0.2, 0) is 15.6 Å². The Morgan fingerprint density at radius 2 is 1.90 bits per heavy atom. The highest BCUT2D eigenvalue weighted by Crippen LogP contribution is 2.49. The van der Waals surface area contributed by atoms with E-state index in [1.165, 1.54) is 18.9 Å². The Morgan fingerprint density at radius 1 is 1.28 bits per heavy atom. The minimum absolute atomic E-state index is 0.116. The number of alkyl halides is 2. The SMILES string of the molecule is CC(N)=O.CF.N#CC1(C(=N)SC(=N)c2ncc3c(N4CCS(=O)CC4)cc(SNC4(CF)CC4)cn23)CC1. The maximum absolute atomic E-state index is 13.4. The number of nitrogens with zero attached hydrogens (tertiary/aromatic N) is 4. The fourth-order valence-corrected chi connectivity index (χ4v) is 6.62. The third kappa shape index (κ3) is 7.56. The Morgan fingerprint density at radius 3 is 2.41 bits per heavy atom. The number of carbonyl (C=O) groups excluding carboxylic acids is 1. The third-order valence-electron chi connectivity index (χ3n) is 6.41. The standard InChI is InChI=1S/C21H24FN7OS3.C2H5NO.CH3F/c22-12-21(3-4-21)27-32-14-9-15(28-5-7-33(30)8-6-28)16-10-26-18(29(16)11-14)17(24)31-19(25)20(13-23)1-2-20;1-2(3)4;1-2/h9-11,24-25,27H,1-8,12H2;1H3,(H2,3,4);1H3. The van der Waals surface area contributed by atoms with E-state index in [1.807, 2.05) is 16.7 Å². The van der Waals surface area contributed by atoms with Gasteiger partial charge >= 0.3 is 0 Å². The van der Waals surface area contributed by atoms with Gasteiger partial charge in [-0.2, -0.15) is 5.26 Å². The molecule has 0 unspecified atom stereocenters. The molecule has 3 heterocycles. The van der Waals surface area contributed by atoms with E-state index in [9.17, 15) is 23.0 Å². The van der Waals surface area contributed by atoms with Gasteiger partial charge in [-0.25, -0.2) is 9.37 Å². The lowest BCUT2D eigenvalue weighted by Gasteiger charge is -2.29. The van der Waals surface area contributed by atoms with Gasteiger partial charge in [0, 0.05) is 53.4 Å². The summed E-state index contributed by atoms with van der Waals surface area (Å²) in [4.78, 5) is 16.8. The molecule has 2 aromatic rings. The number of pyridine rings is 1. The van der Waals surface area contributed by atoms with Crippen molar-refractivity contribution in [1.29, 1.82) is 16.1 Å². The molecule has 39 heavy (non-hydrogen) atoms. The van der Waals surface area contributed by atoms with Crippen molar-refractivity contribution in [2.75, 3.05) is 43.3 Å². The van der Waals surface area contributed by atoms with E-state index >= 15 is 0 Å². The Balaban J connectivity index is 0.000000644. The third-order valence-corrected chi connectivity index (χ3v) is 9.67. The molecule has 0 atom stereocenters. The van der Waals surface area contributed by atoms with Crippen LogP contribution >= 0.6 is 23.7 Å². The average Bonchev–Trinajstić information content (AvgIpc) is 3.85. The number of halogens is 2. The quantitative estimate of drug-likeness (QED) is 0.214. The van der Waals surface area contributed by atoms with Gasteiger partial charge in [-0.05, 0) is 43.7 Å². The number of thioether (sulfide) groups is 1. The van der Waals surface area contributed by atoms with Crippen LogP contribution in [0, 0.1) is 27.6 Å². The van der Waals surface area contributed by atoms with E-state index < -0.39 is 28.4 Å². The number of imidazole rings is 1. The lowest BCUT2D eigenvalue weighted by Crippen LogP contribution is -2.38. The molecule has 1 saturated heterocycles. The normalized spacial score (nSPS) is 18.6. The van der Waals surface area contributed by atoms with Gasteiger partial charge in [0.15, 0.2) is 5.82 Å². The zero-order valence-corrected chi connectivity index (χ0v) is 24.2. The van der Waals surface area contributed by atoms with Gasteiger partial charge in [0.25, 0.3) is 0 Å². The molecule has 2 aliphatic carbocycles. The highest BCUT2D eigenvalue weighted by molar-refractivity contribution is 8.26. The Labute approximate surface area is 237 Å². The monoisotopic (exact) mass is 598 g/mol. The topological polar surface area (TPSA) is 164 Å². The fourth-order valence-electron chi connectivity index (χ4n) is 3.75. The molecule has 10 nitrogen and oxygen atoms in total. The first-order valence-electron chi connectivity index (χ1n) is 12.1. The van der Waals surface area contributed by atoms with Gasteiger partial charge in [-0.3, -0.25) is 33.3 Å². The first-order chi connectivity index (χ1) is 18.6. The van der Waals surface area contributed by atoms with Crippen LogP contribution in [0.3, 0.4) is 0 Å². The lowest BCUT2D eigenvalue weighted by molar-refractivity contribution is -0.115. The molecule has 2 aromatic heterocycles. The number of nitrogens with one attached hydrogen (secondary N) is 3. The van der Waals surface area contributed by atoms with Crippen LogP contribution < -0.4 is 15.4 Å². The summed E-state index contributed by atoms with van der Waals surface area (Å²) >= 11 is 2.36. The van der Waals surface area contributed by atoms with E-state index in [1.54, 1.807) is 6.20 Å². The minimum atomic E-state index is -0.805. The van der Waals surface area contributed by atoms with Crippen LogP contribution in [0.1, 0.15) is 38.4 Å². The van der Waals surface area contributed by atoms with E-state index in [0.717, 1.165) is 40.7 Å². The predicted molar refractivity (Wildman–Crippen MR) is 154 cm³/mol. The zero-order chi connectivity index (χ0) is 28.8. The summed E-state index contributed by atoms with van der Waals surface area (Å²) in [5.74, 6) is 1.28. The maximum Gasteiger partial charge on any atom is 0.214 e. The van der Waals surface area contributed by atoms with Crippen molar-refractivity contribution >= 4 is 61.7 Å². The highest BCUT2D eigenvalue weighted by atomic mass is 32.2. The van der Waals surface area contributed by atoms with Crippen LogP contribution in [0.4, 0.5) is 14.5 Å². The molecule has 0 bridgehead atoms. The number of rotatable bonds is 7. The zero-order valence-electron chi connectivity index (χ0n) is 21.8. The van der Waals surface area contributed by atoms with Crippen LogP contribution in [0.25, 0.3) is 5.52 Å². The minimum Gasteiger partial charge on any atom is -0.370 e. The van der Waals surface area contributed by atoms with E-state index in [0.29, 0.717) is 50.4 Å². The maximum atomic E-state index is 13.4. The van der Waals surface area contributed by atoms with Gasteiger partial charge < -0.3 is 10.6 Å². The molecule has 1 aliphatic heterocycles. The first kappa shape index (κ1) is 31.0. The number of primary amides is 1. The lowest BCUT2D eigenvalue weighted by atomic mass is 10.2. The number of nitrogens with two attached hydrogens (primary N) is 1. The molecular formula is C24H32F2N8O2S3. The number of hydrogen-bond donors (Lipinski definition) is 4. The van der Waals surface area contributed by atoms with Crippen molar-refractivity contribution in [3.05, 3.63) is 24.3 Å². The highest BCUT2D eigenvalue weighted by Gasteiger charge is 2.48. The number of aromatic nitrogens is 2. The number of nitriles is 1. The van der Waals surface area contributed by atoms with Crippen molar-refractivity contribution in [2.24, 2.45) is 11.1 Å². The summed E-state index contributed by atoms with van der Waals surface area (Å²) in [6.45, 7) is 2.23. The molecule has 1 amide bonds. The molecule has 0 spiro atoms. The molecular weight excluding hydrogens is 567 g/mol. The van der Waals surface area contributed by atoms with E-state index in [2.05, 4.69) is 26.4 Å². The Kier molecular flexibility index (Phi) is 10.5. The molecule has 5 rings (SSSR count). The van der Waals surface area contributed by atoms with Crippen molar-refractivity contribution in [3.8, 4) is 6.07 Å². The number of fused-ring (bicyclic) bond motifs is 1. The molecule has 0 aromatic carbocycles. The second-order valence-electron chi connectivity index (χ2n) is 9.42. The van der Waals surface area contributed by atoms with Gasteiger partial charge in [0.2, 0.25) is 5.91 Å². The second kappa shape index (κ2) is 13.2. The van der Waals surface area contributed by atoms with Crippen molar-refractivity contribution in [2.45, 2.75) is 43.0 Å². The Hall–Kier alpha value is -2.54. The van der Waals surface area contributed by atoms with Crippen molar-refractivity contribution < 1.29 is 17.8 Å². The van der Waals surface area contributed by atoms with Crippen LogP contribution in [0.5, 0.6) is 0 Å². The van der Waals surface area contributed by atoms with Crippen molar-refractivity contribution in [3.63, 3.8) is 0 Å². The summed E-state index contributed by atoms with van der Waals surface area (Å²) in [6.07, 6.45) is 6.54. The fraction of sp³-hybridized carbons (Fsp3) is 0.542. The van der Waals surface area contributed by atoms with Gasteiger partial charge in [0.1, 0.15) is 17.1 Å². The molecule has 0 radical (unpaired) electrons. The van der Waals surface area contributed by atoms with Gasteiger partial charge in [-0.1, -0.05) is 11.8 Å². The summed E-state index contributed by atoms with van der Waals surface area (Å²) in [6, 6.07) is 4.24. The van der Waals surface area contributed by atoms with Gasteiger partial charge in [-0.15, -0.1) is 0 Å². The molecule has 3 fully saturated rings. The number of hydrogen-bond acceptors (Lipinski definition) is 10. The van der Waals surface area contributed by atoms with Gasteiger partial charge in [0.05, 0.1) is 41.2 Å². The summed E-state index contributed by atoms with van der Waals surface area (Å²) in [5.41, 5.74) is 5.04. The number of carbonyl (C=O) groups is 1. The predicted octanol–water partition coefficient (Wildman–Crippen LogP) is 3.42. The summed E-state index contributed by atoms with van der Waals surface area (Å²) < 4.78 is 39.8. The molecule has 212 valence electrons. The van der Waals surface area contributed by atoms with E-state index in [-0.39, 0.29) is 16.0 Å². The second-order valence-corrected chi connectivity index (χ2v) is 13.0. The largest absolute Gasteiger partial charge is 0.370 e. The average molecular weight is 599 g/mol. The smallest absolute Gasteiger partial charge is 0.214 e. The molecule has 3 aliphatic rings. The number of amides is 1. The molecule has 15 heteroatoms. The Bertz CT molecular complexity index is 1290. The van der Waals surface area contributed by atoms with Crippen molar-refractivity contribution in [1.82, 2.24) is 14.1 Å². The summed E-state index contributed by atoms with van der Waals surface area (Å²) in [7, 11) is -0.305. The van der Waals surface area contributed by atoms with Crippen LogP contribution in [0.2, 0.25) is 0 Å². The molecule has 2 saturated carbocycles. The van der Waals surface area contributed by atoms with Crippen LogP contribution in [-0.4, -0.2) is 73.6 Å². The number of anilines is 1.